The molecule has 3 aromatic rings. The van der Waals surface area contributed by atoms with Crippen LogP contribution in [0.4, 0.5) is 5.95 Å². The minimum absolute atomic E-state index is 0.181. The van der Waals surface area contributed by atoms with Crippen molar-refractivity contribution in [3.05, 3.63) is 82.8 Å². The molecule has 1 amide bonds. The molecule has 2 heterocycles. The minimum Gasteiger partial charge on any atom is -0.277 e. The number of benzene rings is 2. The zero-order chi connectivity index (χ0) is 17.9. The first kappa shape index (κ1) is 16.1. The number of hydrogen-bond donors (Lipinski definition) is 0. The SMILES string of the molecule is O=C(C=Cc1ccccc1)N1CCCn2c1nn(-c1ccccc1)c2=O. The summed E-state index contributed by atoms with van der Waals surface area (Å²) in [5.74, 6) is 0.216. The number of carbonyl (C=O) groups is 1. The zero-order valence-corrected chi connectivity index (χ0v) is 14.2. The summed E-state index contributed by atoms with van der Waals surface area (Å²) < 4.78 is 2.91. The van der Waals surface area contributed by atoms with Gasteiger partial charge in [0, 0.05) is 19.2 Å². The molecule has 0 aliphatic carbocycles. The molecule has 1 aliphatic rings. The van der Waals surface area contributed by atoms with Crippen molar-refractivity contribution in [1.29, 1.82) is 0 Å². The number of amides is 1. The first-order valence-corrected chi connectivity index (χ1v) is 8.54. The Labute approximate surface area is 150 Å². The van der Waals surface area contributed by atoms with Crippen molar-refractivity contribution in [3.63, 3.8) is 0 Å². The summed E-state index contributed by atoms with van der Waals surface area (Å²) in [7, 11) is 0. The van der Waals surface area contributed by atoms with E-state index in [-0.39, 0.29) is 11.6 Å². The topological polar surface area (TPSA) is 60.1 Å². The van der Waals surface area contributed by atoms with Gasteiger partial charge in [0.05, 0.1) is 5.69 Å². The van der Waals surface area contributed by atoms with Crippen LogP contribution in [0.25, 0.3) is 11.8 Å². The third-order valence-electron chi connectivity index (χ3n) is 4.33. The molecule has 6 heteroatoms. The Morgan fingerprint density at radius 3 is 2.38 bits per heavy atom. The monoisotopic (exact) mass is 346 g/mol. The molecule has 130 valence electrons. The van der Waals surface area contributed by atoms with Gasteiger partial charge in [0.25, 0.3) is 5.91 Å². The second-order valence-corrected chi connectivity index (χ2v) is 6.07. The predicted octanol–water partition coefficient (Wildman–Crippen LogP) is 2.48. The van der Waals surface area contributed by atoms with Crippen LogP contribution in [0, 0.1) is 0 Å². The van der Waals surface area contributed by atoms with Gasteiger partial charge in [0.15, 0.2) is 0 Å². The van der Waals surface area contributed by atoms with E-state index in [0.29, 0.717) is 24.7 Å². The molecular formula is C20H18N4O2. The van der Waals surface area contributed by atoms with Crippen LogP contribution in [-0.2, 0) is 11.3 Å². The number of nitrogens with zero attached hydrogens (tertiary/aromatic N) is 4. The number of rotatable bonds is 3. The average molecular weight is 346 g/mol. The largest absolute Gasteiger partial charge is 0.352 e. The van der Waals surface area contributed by atoms with Crippen molar-refractivity contribution in [2.24, 2.45) is 0 Å². The zero-order valence-electron chi connectivity index (χ0n) is 14.2. The van der Waals surface area contributed by atoms with Crippen LogP contribution < -0.4 is 10.6 Å². The van der Waals surface area contributed by atoms with Gasteiger partial charge in [0.1, 0.15) is 0 Å². The van der Waals surface area contributed by atoms with E-state index in [4.69, 9.17) is 0 Å². The van der Waals surface area contributed by atoms with Gasteiger partial charge in [-0.05, 0) is 30.2 Å². The van der Waals surface area contributed by atoms with Crippen molar-refractivity contribution < 1.29 is 4.79 Å². The lowest BCUT2D eigenvalue weighted by atomic mass is 10.2. The minimum atomic E-state index is -0.226. The summed E-state index contributed by atoms with van der Waals surface area (Å²) in [6, 6.07) is 18.9. The highest BCUT2D eigenvalue weighted by molar-refractivity contribution is 6.02. The lowest BCUT2D eigenvalue weighted by Gasteiger charge is -2.24. The van der Waals surface area contributed by atoms with Gasteiger partial charge in [-0.2, -0.15) is 4.68 Å². The van der Waals surface area contributed by atoms with Crippen molar-refractivity contribution in [3.8, 4) is 5.69 Å². The Morgan fingerprint density at radius 2 is 1.65 bits per heavy atom. The maximum Gasteiger partial charge on any atom is 0.352 e. The highest BCUT2D eigenvalue weighted by atomic mass is 16.2. The Bertz CT molecular complexity index is 1000. The van der Waals surface area contributed by atoms with E-state index >= 15 is 0 Å². The summed E-state index contributed by atoms with van der Waals surface area (Å²) in [5, 5.41) is 4.42. The molecular weight excluding hydrogens is 328 g/mol. The molecule has 0 radical (unpaired) electrons. The molecule has 2 aromatic carbocycles. The van der Waals surface area contributed by atoms with E-state index in [1.807, 2.05) is 60.7 Å². The second-order valence-electron chi connectivity index (χ2n) is 6.07. The second kappa shape index (κ2) is 6.84. The average Bonchev–Trinajstić information content (AvgIpc) is 3.04. The smallest absolute Gasteiger partial charge is 0.277 e. The van der Waals surface area contributed by atoms with Gasteiger partial charge in [-0.3, -0.25) is 14.3 Å². The molecule has 0 N–H and O–H groups in total. The van der Waals surface area contributed by atoms with Crippen molar-refractivity contribution in [2.75, 3.05) is 11.4 Å². The maximum atomic E-state index is 12.7. The number of para-hydroxylation sites is 1. The lowest BCUT2D eigenvalue weighted by Crippen LogP contribution is -2.38. The fourth-order valence-electron chi connectivity index (χ4n) is 3.04. The van der Waals surface area contributed by atoms with Crippen LogP contribution in [0.1, 0.15) is 12.0 Å². The van der Waals surface area contributed by atoms with E-state index in [1.54, 1.807) is 15.5 Å². The summed E-state index contributed by atoms with van der Waals surface area (Å²) >= 11 is 0. The lowest BCUT2D eigenvalue weighted by molar-refractivity contribution is -0.114. The highest BCUT2D eigenvalue weighted by Crippen LogP contribution is 2.18. The summed E-state index contributed by atoms with van der Waals surface area (Å²) in [4.78, 5) is 26.9. The molecule has 26 heavy (non-hydrogen) atoms. The van der Waals surface area contributed by atoms with Crippen LogP contribution in [0.3, 0.4) is 0 Å². The summed E-state index contributed by atoms with van der Waals surface area (Å²) in [6.07, 6.45) is 4.02. The van der Waals surface area contributed by atoms with Gasteiger partial charge in [-0.15, -0.1) is 5.10 Å². The summed E-state index contributed by atoms with van der Waals surface area (Å²) in [5.41, 5.74) is 1.41. The van der Waals surface area contributed by atoms with Crippen molar-refractivity contribution in [1.82, 2.24) is 14.3 Å². The third kappa shape index (κ3) is 2.97. The number of aromatic nitrogens is 3. The number of fused-ring (bicyclic) bond motifs is 1. The van der Waals surface area contributed by atoms with E-state index in [2.05, 4.69) is 5.10 Å². The number of anilines is 1. The molecule has 0 unspecified atom stereocenters. The van der Waals surface area contributed by atoms with Crippen LogP contribution in [0.2, 0.25) is 0 Å². The Morgan fingerprint density at radius 1 is 0.962 bits per heavy atom. The molecule has 0 spiro atoms. The first-order chi connectivity index (χ1) is 12.7. The molecule has 6 nitrogen and oxygen atoms in total. The van der Waals surface area contributed by atoms with Gasteiger partial charge < -0.3 is 0 Å². The predicted molar refractivity (Wildman–Crippen MR) is 100 cm³/mol. The Balaban J connectivity index is 1.66. The van der Waals surface area contributed by atoms with Crippen LogP contribution in [0.15, 0.2) is 71.5 Å². The molecule has 1 aliphatic heterocycles. The van der Waals surface area contributed by atoms with Gasteiger partial charge >= 0.3 is 5.69 Å². The van der Waals surface area contributed by atoms with Crippen molar-refractivity contribution in [2.45, 2.75) is 13.0 Å². The van der Waals surface area contributed by atoms with E-state index in [9.17, 15) is 9.59 Å². The van der Waals surface area contributed by atoms with Gasteiger partial charge in [-0.25, -0.2) is 4.79 Å². The number of hydrogen-bond acceptors (Lipinski definition) is 3. The Hall–Kier alpha value is -3.41. The standard InChI is InChI=1S/C20H18N4O2/c25-18(13-12-16-8-3-1-4-9-16)22-14-7-15-23-19(22)21-24(20(23)26)17-10-5-2-6-11-17/h1-6,8-13H,7,14-15H2. The Kier molecular flexibility index (Phi) is 4.23. The molecule has 0 saturated carbocycles. The normalized spacial score (nSPS) is 13.8. The molecule has 1 aromatic heterocycles. The first-order valence-electron chi connectivity index (χ1n) is 8.54. The summed E-state index contributed by atoms with van der Waals surface area (Å²) in [6.45, 7) is 1.11. The third-order valence-corrected chi connectivity index (χ3v) is 4.33. The van der Waals surface area contributed by atoms with E-state index in [0.717, 1.165) is 12.0 Å². The molecule has 0 bridgehead atoms. The molecule has 4 rings (SSSR count). The van der Waals surface area contributed by atoms with Crippen LogP contribution >= 0.6 is 0 Å². The van der Waals surface area contributed by atoms with Crippen LogP contribution in [0.5, 0.6) is 0 Å². The number of carbonyl (C=O) groups excluding carboxylic acids is 1. The molecule has 0 saturated heterocycles. The van der Waals surface area contributed by atoms with E-state index < -0.39 is 0 Å². The van der Waals surface area contributed by atoms with Crippen LogP contribution in [-0.4, -0.2) is 26.8 Å². The van der Waals surface area contributed by atoms with Crippen molar-refractivity contribution >= 4 is 17.9 Å². The van der Waals surface area contributed by atoms with Gasteiger partial charge in [0.2, 0.25) is 5.95 Å². The quantitative estimate of drug-likeness (QED) is 0.685. The van der Waals surface area contributed by atoms with Gasteiger partial charge in [-0.1, -0.05) is 48.5 Å². The molecule has 0 fully saturated rings. The fourth-order valence-corrected chi connectivity index (χ4v) is 3.04. The molecule has 0 atom stereocenters. The van der Waals surface area contributed by atoms with E-state index in [1.165, 1.54) is 10.8 Å². The highest BCUT2D eigenvalue weighted by Gasteiger charge is 2.26. The maximum absolute atomic E-state index is 12.7. The fraction of sp³-hybridized carbons (Fsp3) is 0.150.